The molecule has 0 aromatic heterocycles. The first-order chi connectivity index (χ1) is 9.61. The minimum absolute atomic E-state index is 0.394. The Morgan fingerprint density at radius 1 is 1.30 bits per heavy atom. The highest BCUT2D eigenvalue weighted by atomic mass is 79.9. The summed E-state index contributed by atoms with van der Waals surface area (Å²) < 4.78 is 6.14. The highest BCUT2D eigenvalue weighted by molar-refractivity contribution is 9.10. The van der Waals surface area contributed by atoms with Crippen molar-refractivity contribution in [2.45, 2.75) is 26.7 Å². The summed E-state index contributed by atoms with van der Waals surface area (Å²) in [6, 6.07) is 10.1. The van der Waals surface area contributed by atoms with Crippen LogP contribution < -0.4 is 5.32 Å². The van der Waals surface area contributed by atoms with Gasteiger partial charge < -0.3 is 4.74 Å². The first-order valence-corrected chi connectivity index (χ1v) is 7.53. The Bertz CT molecular complexity index is 620. The number of halogens is 1. The molecular formula is C16H18BrNO2. The lowest BCUT2D eigenvalue weighted by molar-refractivity contribution is 0.160. The first-order valence-electron chi connectivity index (χ1n) is 6.74. The van der Waals surface area contributed by atoms with Crippen LogP contribution in [0.2, 0.25) is 0 Å². The van der Waals surface area contributed by atoms with E-state index in [0.717, 1.165) is 39.3 Å². The molecule has 0 aliphatic heterocycles. The number of hydrogen-bond acceptors (Lipinski definition) is 2. The number of aryl methyl sites for hydroxylation is 1. The molecule has 1 amide bonds. The summed E-state index contributed by atoms with van der Waals surface area (Å²) in [7, 11) is 0. The van der Waals surface area contributed by atoms with Crippen LogP contribution in [0.4, 0.5) is 10.5 Å². The van der Waals surface area contributed by atoms with Gasteiger partial charge >= 0.3 is 6.09 Å². The van der Waals surface area contributed by atoms with E-state index in [1.165, 1.54) is 0 Å². The first kappa shape index (κ1) is 14.9. The molecule has 0 fully saturated rings. The fourth-order valence-corrected chi connectivity index (χ4v) is 2.38. The molecule has 1 N–H and O–H groups in total. The SMILES string of the molecule is CCCCOC(=O)Nc1c(C)ccc2ccc(Br)cc12. The van der Waals surface area contributed by atoms with Crippen LogP contribution in [0.1, 0.15) is 25.3 Å². The minimum Gasteiger partial charge on any atom is -0.449 e. The highest BCUT2D eigenvalue weighted by Crippen LogP contribution is 2.29. The Kier molecular flexibility index (Phi) is 5.01. The number of ether oxygens (including phenoxy) is 1. The lowest BCUT2D eigenvalue weighted by atomic mass is 10.0. The molecule has 0 saturated heterocycles. The molecule has 0 spiro atoms. The number of fused-ring (bicyclic) bond motifs is 1. The van der Waals surface area contributed by atoms with Crippen LogP contribution in [0.5, 0.6) is 0 Å². The predicted molar refractivity (Wildman–Crippen MR) is 86.3 cm³/mol. The van der Waals surface area contributed by atoms with E-state index in [-0.39, 0.29) is 0 Å². The smallest absolute Gasteiger partial charge is 0.411 e. The Labute approximate surface area is 127 Å². The average molecular weight is 336 g/mol. The molecule has 0 aliphatic carbocycles. The van der Waals surface area contributed by atoms with Gasteiger partial charge in [-0.25, -0.2) is 4.79 Å². The van der Waals surface area contributed by atoms with Gasteiger partial charge in [0, 0.05) is 9.86 Å². The molecular weight excluding hydrogens is 318 g/mol. The molecule has 106 valence electrons. The summed E-state index contributed by atoms with van der Waals surface area (Å²) in [5.41, 5.74) is 1.83. The third-order valence-electron chi connectivity index (χ3n) is 3.15. The maximum atomic E-state index is 11.8. The molecule has 2 aromatic rings. The summed E-state index contributed by atoms with van der Waals surface area (Å²) in [4.78, 5) is 11.8. The van der Waals surface area contributed by atoms with Crippen LogP contribution in [0, 0.1) is 6.92 Å². The summed E-state index contributed by atoms with van der Waals surface area (Å²) in [5, 5.41) is 4.95. The second kappa shape index (κ2) is 6.75. The Hall–Kier alpha value is -1.55. The summed E-state index contributed by atoms with van der Waals surface area (Å²) in [6.07, 6.45) is 1.50. The molecule has 20 heavy (non-hydrogen) atoms. The van der Waals surface area contributed by atoms with Crippen LogP contribution in [0.15, 0.2) is 34.8 Å². The number of unbranched alkanes of at least 4 members (excludes halogenated alkanes) is 1. The summed E-state index contributed by atoms with van der Waals surface area (Å²) >= 11 is 3.46. The summed E-state index contributed by atoms with van der Waals surface area (Å²) in [6.45, 7) is 4.49. The van der Waals surface area contributed by atoms with Crippen LogP contribution in [0.25, 0.3) is 10.8 Å². The number of amides is 1. The Balaban J connectivity index is 2.26. The zero-order valence-corrected chi connectivity index (χ0v) is 13.3. The molecule has 0 atom stereocenters. The van der Waals surface area contributed by atoms with Gasteiger partial charge in [-0.3, -0.25) is 5.32 Å². The molecule has 2 aromatic carbocycles. The van der Waals surface area contributed by atoms with Gasteiger partial charge in [0.2, 0.25) is 0 Å². The van der Waals surface area contributed by atoms with E-state index in [4.69, 9.17) is 4.74 Å². The molecule has 0 heterocycles. The largest absolute Gasteiger partial charge is 0.449 e. The van der Waals surface area contributed by atoms with E-state index in [0.29, 0.717) is 6.61 Å². The third kappa shape index (κ3) is 3.51. The van der Waals surface area contributed by atoms with Crippen molar-refractivity contribution in [3.63, 3.8) is 0 Å². The Morgan fingerprint density at radius 3 is 2.80 bits per heavy atom. The van der Waals surface area contributed by atoms with Gasteiger partial charge in [-0.15, -0.1) is 0 Å². The molecule has 0 radical (unpaired) electrons. The maximum Gasteiger partial charge on any atom is 0.411 e. The Morgan fingerprint density at radius 2 is 2.05 bits per heavy atom. The van der Waals surface area contributed by atoms with Gasteiger partial charge in [0.1, 0.15) is 0 Å². The maximum absolute atomic E-state index is 11.8. The predicted octanol–water partition coefficient (Wildman–Crippen LogP) is 5.26. The van der Waals surface area contributed by atoms with Gasteiger partial charge in [-0.1, -0.05) is 47.5 Å². The van der Waals surface area contributed by atoms with Gasteiger partial charge in [0.25, 0.3) is 0 Å². The molecule has 0 aliphatic rings. The van der Waals surface area contributed by atoms with Crippen LogP contribution in [-0.4, -0.2) is 12.7 Å². The van der Waals surface area contributed by atoms with Crippen molar-refractivity contribution in [3.8, 4) is 0 Å². The fraction of sp³-hybridized carbons (Fsp3) is 0.312. The van der Waals surface area contributed by atoms with Gasteiger partial charge in [0.05, 0.1) is 12.3 Å². The fourth-order valence-electron chi connectivity index (χ4n) is 2.01. The molecule has 3 nitrogen and oxygen atoms in total. The normalized spacial score (nSPS) is 10.6. The van der Waals surface area contributed by atoms with Crippen molar-refractivity contribution in [2.24, 2.45) is 0 Å². The number of rotatable bonds is 4. The number of hydrogen-bond donors (Lipinski definition) is 1. The minimum atomic E-state index is -0.394. The van der Waals surface area contributed by atoms with E-state index in [9.17, 15) is 4.79 Å². The molecule has 0 saturated carbocycles. The molecule has 0 unspecified atom stereocenters. The van der Waals surface area contributed by atoms with Crippen molar-refractivity contribution < 1.29 is 9.53 Å². The van der Waals surface area contributed by atoms with Crippen molar-refractivity contribution in [1.29, 1.82) is 0 Å². The number of benzene rings is 2. The standard InChI is InChI=1S/C16H18BrNO2/c1-3-4-9-20-16(19)18-15-11(2)5-6-12-7-8-13(17)10-14(12)15/h5-8,10H,3-4,9H2,1-2H3,(H,18,19). The van der Waals surface area contributed by atoms with Crippen LogP contribution in [-0.2, 0) is 4.74 Å². The molecule has 4 heteroatoms. The van der Waals surface area contributed by atoms with Crippen molar-refractivity contribution in [1.82, 2.24) is 0 Å². The van der Waals surface area contributed by atoms with Crippen LogP contribution in [0.3, 0.4) is 0 Å². The topological polar surface area (TPSA) is 38.3 Å². The van der Waals surface area contributed by atoms with Gasteiger partial charge in [-0.2, -0.15) is 0 Å². The quantitative estimate of drug-likeness (QED) is 0.774. The zero-order chi connectivity index (χ0) is 14.5. The van der Waals surface area contributed by atoms with E-state index in [1.54, 1.807) is 0 Å². The number of carbonyl (C=O) groups excluding carboxylic acids is 1. The van der Waals surface area contributed by atoms with Gasteiger partial charge in [-0.05, 0) is 36.4 Å². The third-order valence-corrected chi connectivity index (χ3v) is 3.64. The molecule has 2 rings (SSSR count). The average Bonchev–Trinajstić information content (AvgIpc) is 2.42. The molecule has 0 bridgehead atoms. The van der Waals surface area contributed by atoms with Crippen molar-refractivity contribution >= 4 is 38.5 Å². The van der Waals surface area contributed by atoms with E-state index in [2.05, 4.69) is 28.2 Å². The monoisotopic (exact) mass is 335 g/mol. The van der Waals surface area contributed by atoms with E-state index >= 15 is 0 Å². The zero-order valence-electron chi connectivity index (χ0n) is 11.7. The number of carbonyl (C=O) groups is 1. The van der Waals surface area contributed by atoms with Crippen LogP contribution >= 0.6 is 15.9 Å². The number of anilines is 1. The van der Waals surface area contributed by atoms with Crippen molar-refractivity contribution in [3.05, 3.63) is 40.4 Å². The van der Waals surface area contributed by atoms with Gasteiger partial charge in [0.15, 0.2) is 0 Å². The lowest BCUT2D eigenvalue weighted by Gasteiger charge is -2.12. The lowest BCUT2D eigenvalue weighted by Crippen LogP contribution is -2.15. The highest BCUT2D eigenvalue weighted by Gasteiger charge is 2.09. The van der Waals surface area contributed by atoms with Crippen molar-refractivity contribution in [2.75, 3.05) is 11.9 Å². The van der Waals surface area contributed by atoms with E-state index < -0.39 is 6.09 Å². The summed E-state index contributed by atoms with van der Waals surface area (Å²) in [5.74, 6) is 0. The number of nitrogens with one attached hydrogen (secondary N) is 1. The van der Waals surface area contributed by atoms with E-state index in [1.807, 2.05) is 37.3 Å². The second-order valence-electron chi connectivity index (χ2n) is 4.74. The second-order valence-corrected chi connectivity index (χ2v) is 5.65.